The molecule has 0 unspecified atom stereocenters. The van der Waals surface area contributed by atoms with Crippen molar-refractivity contribution in [2.75, 3.05) is 7.05 Å². The zero-order chi connectivity index (χ0) is 21.1. The van der Waals surface area contributed by atoms with Crippen molar-refractivity contribution in [2.24, 2.45) is 0 Å². The van der Waals surface area contributed by atoms with Crippen molar-refractivity contribution >= 4 is 22.7 Å². The highest BCUT2D eigenvalue weighted by atomic mass is 16.3. The van der Waals surface area contributed by atoms with Crippen molar-refractivity contribution in [3.63, 3.8) is 0 Å². The summed E-state index contributed by atoms with van der Waals surface area (Å²) in [5.74, 6) is 0.450. The first-order chi connectivity index (χ1) is 14.5. The number of aromatic nitrogens is 1. The fourth-order valence-corrected chi connectivity index (χ4v) is 3.44. The number of benzene rings is 2. The number of carbonyl (C=O) groups is 2. The number of hydrogen-bond donors (Lipinski definition) is 2. The molecular weight excluding hydrogens is 378 g/mol. The number of aromatic amines is 1. The molecule has 0 aliphatic heterocycles. The largest absolute Gasteiger partial charge is 0.467 e. The van der Waals surface area contributed by atoms with Gasteiger partial charge in [0.2, 0.25) is 0 Å². The Morgan fingerprint density at radius 3 is 2.53 bits per heavy atom. The lowest BCUT2D eigenvalue weighted by molar-refractivity contribution is 0.0712. The zero-order valence-electron chi connectivity index (χ0n) is 16.9. The molecule has 0 aliphatic rings. The highest BCUT2D eigenvalue weighted by Crippen LogP contribution is 2.20. The minimum absolute atomic E-state index is 0.115. The maximum atomic E-state index is 13.3. The van der Waals surface area contributed by atoms with Gasteiger partial charge in [0, 0.05) is 30.1 Å². The summed E-state index contributed by atoms with van der Waals surface area (Å²) in [6.07, 6.45) is 1.60. The number of rotatable bonds is 6. The van der Waals surface area contributed by atoms with Crippen LogP contribution in [0.25, 0.3) is 10.9 Å². The Labute approximate surface area is 174 Å². The van der Waals surface area contributed by atoms with E-state index in [1.807, 2.05) is 55.5 Å². The molecule has 0 radical (unpaired) electrons. The number of H-pyrrole nitrogens is 1. The first-order valence-electron chi connectivity index (χ1n) is 9.75. The van der Waals surface area contributed by atoms with Crippen LogP contribution < -0.4 is 5.32 Å². The second-order valence-electron chi connectivity index (χ2n) is 7.29. The van der Waals surface area contributed by atoms with Gasteiger partial charge < -0.3 is 19.6 Å². The van der Waals surface area contributed by atoms with E-state index in [0.29, 0.717) is 30.1 Å². The normalized spacial score (nSPS) is 10.9. The van der Waals surface area contributed by atoms with Crippen LogP contribution in [0.3, 0.4) is 0 Å². The number of furan rings is 1. The number of aryl methyl sites for hydroxylation is 1. The average molecular weight is 401 g/mol. The molecule has 4 rings (SSSR count). The molecule has 0 saturated carbocycles. The van der Waals surface area contributed by atoms with E-state index in [0.717, 1.165) is 22.0 Å². The van der Waals surface area contributed by atoms with Crippen LogP contribution in [0.4, 0.5) is 0 Å². The van der Waals surface area contributed by atoms with Crippen LogP contribution in [-0.4, -0.2) is 28.7 Å². The van der Waals surface area contributed by atoms with Gasteiger partial charge in [-0.1, -0.05) is 24.3 Å². The lowest BCUT2D eigenvalue weighted by Gasteiger charge is -2.21. The van der Waals surface area contributed by atoms with E-state index >= 15 is 0 Å². The topological polar surface area (TPSA) is 78.3 Å². The molecule has 0 atom stereocenters. The summed E-state index contributed by atoms with van der Waals surface area (Å²) >= 11 is 0. The maximum absolute atomic E-state index is 13.3. The Morgan fingerprint density at radius 2 is 1.83 bits per heavy atom. The summed E-state index contributed by atoms with van der Waals surface area (Å²) in [5.41, 5.74) is 4.10. The van der Waals surface area contributed by atoms with Crippen LogP contribution in [0, 0.1) is 6.92 Å². The molecule has 2 aromatic heterocycles. The lowest BCUT2D eigenvalue weighted by atomic mass is 10.1. The van der Waals surface area contributed by atoms with E-state index in [1.165, 1.54) is 0 Å². The number of nitrogens with one attached hydrogen (secondary N) is 2. The summed E-state index contributed by atoms with van der Waals surface area (Å²) in [6.45, 7) is 2.76. The van der Waals surface area contributed by atoms with Gasteiger partial charge in [0.25, 0.3) is 11.8 Å². The number of nitrogens with zero attached hydrogens (tertiary/aromatic N) is 1. The lowest BCUT2D eigenvalue weighted by Crippen LogP contribution is -2.30. The molecule has 30 heavy (non-hydrogen) atoms. The first-order valence-corrected chi connectivity index (χ1v) is 9.75. The van der Waals surface area contributed by atoms with Crippen molar-refractivity contribution in [3.8, 4) is 0 Å². The summed E-state index contributed by atoms with van der Waals surface area (Å²) in [5, 5.41) is 3.60. The van der Waals surface area contributed by atoms with Gasteiger partial charge in [-0.05, 0) is 54.4 Å². The van der Waals surface area contributed by atoms with Crippen molar-refractivity contribution in [1.29, 1.82) is 0 Å². The molecule has 152 valence electrons. The van der Waals surface area contributed by atoms with Crippen LogP contribution in [0.2, 0.25) is 0 Å². The van der Waals surface area contributed by atoms with Gasteiger partial charge in [-0.25, -0.2) is 0 Å². The molecule has 2 aromatic carbocycles. The molecule has 0 bridgehead atoms. The van der Waals surface area contributed by atoms with Crippen LogP contribution in [0.1, 0.15) is 37.7 Å². The highest BCUT2D eigenvalue weighted by Gasteiger charge is 2.20. The van der Waals surface area contributed by atoms with E-state index < -0.39 is 0 Å². The molecular formula is C24H23N3O3. The zero-order valence-corrected chi connectivity index (χ0v) is 16.9. The molecule has 2 amide bonds. The van der Waals surface area contributed by atoms with Gasteiger partial charge in [-0.15, -0.1) is 0 Å². The molecule has 4 aromatic rings. The van der Waals surface area contributed by atoms with Crippen LogP contribution >= 0.6 is 0 Å². The standard InChI is InChI=1S/C24H23N3O3/c1-16-5-8-19-13-22(26-21(19)12-16)24(29)27(15-20-4-3-11-30-20)14-17-6-9-18(10-7-17)23(28)25-2/h3-13,26H,14-15H2,1-2H3,(H,25,28). The number of amides is 2. The number of fused-ring (bicyclic) bond motifs is 1. The second kappa shape index (κ2) is 8.29. The second-order valence-corrected chi connectivity index (χ2v) is 7.29. The van der Waals surface area contributed by atoms with Gasteiger partial charge in [0.15, 0.2) is 0 Å². The summed E-state index contributed by atoms with van der Waals surface area (Å²) in [7, 11) is 1.60. The Balaban J connectivity index is 1.61. The van der Waals surface area contributed by atoms with E-state index in [2.05, 4.69) is 10.3 Å². The third-order valence-corrected chi connectivity index (χ3v) is 5.04. The minimum Gasteiger partial charge on any atom is -0.467 e. The van der Waals surface area contributed by atoms with E-state index in [-0.39, 0.29) is 11.8 Å². The number of hydrogen-bond acceptors (Lipinski definition) is 3. The van der Waals surface area contributed by atoms with Gasteiger partial charge in [-0.2, -0.15) is 0 Å². The summed E-state index contributed by atoms with van der Waals surface area (Å²) in [4.78, 5) is 30.1. The van der Waals surface area contributed by atoms with E-state index in [9.17, 15) is 9.59 Å². The molecule has 0 fully saturated rings. The molecule has 2 heterocycles. The van der Waals surface area contributed by atoms with Crippen LogP contribution in [-0.2, 0) is 13.1 Å². The van der Waals surface area contributed by atoms with Gasteiger partial charge in [-0.3, -0.25) is 9.59 Å². The smallest absolute Gasteiger partial charge is 0.271 e. The molecule has 6 nitrogen and oxygen atoms in total. The van der Waals surface area contributed by atoms with Crippen LogP contribution in [0.15, 0.2) is 71.3 Å². The Kier molecular flexibility index (Phi) is 5.39. The SMILES string of the molecule is CNC(=O)c1ccc(CN(Cc2ccco2)C(=O)c2cc3ccc(C)cc3[nH]2)cc1. The van der Waals surface area contributed by atoms with Crippen molar-refractivity contribution in [3.05, 3.63) is 95.1 Å². The Morgan fingerprint density at radius 1 is 1.03 bits per heavy atom. The fourth-order valence-electron chi connectivity index (χ4n) is 3.44. The molecule has 2 N–H and O–H groups in total. The highest BCUT2D eigenvalue weighted by molar-refractivity contribution is 5.98. The minimum atomic E-state index is -0.140. The molecule has 0 aliphatic carbocycles. The number of carbonyl (C=O) groups excluding carboxylic acids is 2. The van der Waals surface area contributed by atoms with Gasteiger partial charge >= 0.3 is 0 Å². The van der Waals surface area contributed by atoms with Crippen LogP contribution in [0.5, 0.6) is 0 Å². The molecule has 6 heteroatoms. The Hall–Kier alpha value is -3.80. The first kappa shape index (κ1) is 19.5. The predicted octanol–water partition coefficient (Wildman–Crippen LogP) is 4.27. The van der Waals surface area contributed by atoms with Crippen molar-refractivity contribution in [1.82, 2.24) is 15.2 Å². The summed E-state index contributed by atoms with van der Waals surface area (Å²) < 4.78 is 5.47. The van der Waals surface area contributed by atoms with Crippen molar-refractivity contribution in [2.45, 2.75) is 20.0 Å². The average Bonchev–Trinajstić information content (AvgIpc) is 3.42. The molecule has 0 saturated heterocycles. The third-order valence-electron chi connectivity index (χ3n) is 5.04. The third kappa shape index (κ3) is 4.12. The summed E-state index contributed by atoms with van der Waals surface area (Å²) in [6, 6.07) is 18.8. The van der Waals surface area contributed by atoms with Crippen molar-refractivity contribution < 1.29 is 14.0 Å². The van der Waals surface area contributed by atoms with E-state index in [1.54, 1.807) is 30.3 Å². The maximum Gasteiger partial charge on any atom is 0.271 e. The fraction of sp³-hybridized carbons (Fsp3) is 0.167. The monoisotopic (exact) mass is 401 g/mol. The Bertz CT molecular complexity index is 1170. The van der Waals surface area contributed by atoms with Gasteiger partial charge in [0.1, 0.15) is 11.5 Å². The quantitative estimate of drug-likeness (QED) is 0.506. The molecule has 0 spiro atoms. The van der Waals surface area contributed by atoms with Gasteiger partial charge in [0.05, 0.1) is 12.8 Å². The van der Waals surface area contributed by atoms with E-state index in [4.69, 9.17) is 4.42 Å². The predicted molar refractivity (Wildman–Crippen MR) is 115 cm³/mol.